The second-order valence-corrected chi connectivity index (χ2v) is 9.95. The third-order valence-electron chi connectivity index (χ3n) is 8.95. The molecule has 1 heterocycles. The van der Waals surface area contributed by atoms with Gasteiger partial charge in [-0.15, -0.1) is 0 Å². The maximum atomic E-state index is 13.5. The summed E-state index contributed by atoms with van der Waals surface area (Å²) in [4.78, 5) is 27.2. The van der Waals surface area contributed by atoms with E-state index in [-0.39, 0.29) is 17.2 Å². The quantitative estimate of drug-likeness (QED) is 0.869. The minimum absolute atomic E-state index is 0.0593. The summed E-state index contributed by atoms with van der Waals surface area (Å²) in [6.07, 6.45) is 7.18. The summed E-state index contributed by atoms with van der Waals surface area (Å²) in [6, 6.07) is 10.4. The predicted octanol–water partition coefficient (Wildman–Crippen LogP) is 3.49. The Morgan fingerprint density at radius 1 is 1.07 bits per heavy atom. The van der Waals surface area contributed by atoms with Crippen LogP contribution < -0.4 is 5.73 Å². The topological polar surface area (TPSA) is 63.4 Å². The molecule has 4 bridgehead atoms. The molecule has 4 nitrogen and oxygen atoms in total. The van der Waals surface area contributed by atoms with Crippen LogP contribution in [-0.2, 0) is 15.0 Å². The molecule has 2 N–H and O–H groups in total. The maximum Gasteiger partial charge on any atom is 0.240 e. The third-order valence-corrected chi connectivity index (χ3v) is 8.95. The molecule has 150 valence electrons. The van der Waals surface area contributed by atoms with Crippen LogP contribution in [0.25, 0.3) is 0 Å². The number of benzene rings is 1. The van der Waals surface area contributed by atoms with E-state index in [0.717, 1.165) is 24.2 Å². The van der Waals surface area contributed by atoms with Crippen molar-refractivity contribution in [3.05, 3.63) is 35.9 Å². The molecule has 1 atom stereocenters. The SMILES string of the molecule is CC1C2CC3CC1CC(C2)C3(CC(=O)N1CCC[C@@H]1C(N)=O)c1ccccc1. The zero-order valence-corrected chi connectivity index (χ0v) is 16.8. The molecular weight excluding hydrogens is 348 g/mol. The smallest absolute Gasteiger partial charge is 0.240 e. The molecule has 1 aromatic carbocycles. The average Bonchev–Trinajstić information content (AvgIpc) is 3.17. The lowest BCUT2D eigenvalue weighted by atomic mass is 9.41. The summed E-state index contributed by atoms with van der Waals surface area (Å²) in [5.41, 5.74) is 6.89. The number of primary amides is 1. The Morgan fingerprint density at radius 3 is 2.25 bits per heavy atom. The number of carbonyl (C=O) groups excluding carboxylic acids is 2. The molecule has 4 heteroatoms. The summed E-state index contributed by atoms with van der Waals surface area (Å²) in [5.74, 6) is 3.48. The van der Waals surface area contributed by atoms with Gasteiger partial charge in [0.05, 0.1) is 0 Å². The van der Waals surface area contributed by atoms with Crippen molar-refractivity contribution in [2.75, 3.05) is 6.54 Å². The third kappa shape index (κ3) is 2.56. The van der Waals surface area contributed by atoms with Gasteiger partial charge in [-0.2, -0.15) is 0 Å². The number of likely N-dealkylation sites (tertiary alicyclic amines) is 1. The van der Waals surface area contributed by atoms with Crippen molar-refractivity contribution in [1.82, 2.24) is 4.90 Å². The van der Waals surface area contributed by atoms with E-state index >= 15 is 0 Å². The number of carbonyl (C=O) groups is 2. The highest BCUT2D eigenvalue weighted by atomic mass is 16.2. The van der Waals surface area contributed by atoms with Gasteiger partial charge in [0.2, 0.25) is 11.8 Å². The summed E-state index contributed by atoms with van der Waals surface area (Å²) in [5, 5.41) is 0. The van der Waals surface area contributed by atoms with E-state index in [1.54, 1.807) is 4.90 Å². The highest BCUT2D eigenvalue weighted by Gasteiger charge is 2.60. The van der Waals surface area contributed by atoms with E-state index in [1.165, 1.54) is 31.2 Å². The van der Waals surface area contributed by atoms with Gasteiger partial charge in [0.15, 0.2) is 0 Å². The summed E-state index contributed by atoms with van der Waals surface area (Å²) in [6.45, 7) is 3.12. The summed E-state index contributed by atoms with van der Waals surface area (Å²) in [7, 11) is 0. The number of hydrogen-bond acceptors (Lipinski definition) is 2. The maximum absolute atomic E-state index is 13.5. The van der Waals surface area contributed by atoms with Crippen LogP contribution in [0.2, 0.25) is 0 Å². The largest absolute Gasteiger partial charge is 0.368 e. The van der Waals surface area contributed by atoms with Crippen LogP contribution in [-0.4, -0.2) is 29.3 Å². The number of nitrogens with zero attached hydrogens (tertiary/aromatic N) is 1. The highest BCUT2D eigenvalue weighted by Crippen LogP contribution is 2.65. The van der Waals surface area contributed by atoms with E-state index in [2.05, 4.69) is 37.3 Å². The zero-order valence-electron chi connectivity index (χ0n) is 16.8. The van der Waals surface area contributed by atoms with E-state index in [9.17, 15) is 9.59 Å². The second kappa shape index (κ2) is 6.60. The van der Waals surface area contributed by atoms with Gasteiger partial charge >= 0.3 is 0 Å². The van der Waals surface area contributed by atoms with Crippen molar-refractivity contribution >= 4 is 11.8 Å². The van der Waals surface area contributed by atoms with Gasteiger partial charge in [0.25, 0.3) is 0 Å². The molecule has 5 aliphatic rings. The van der Waals surface area contributed by atoms with Crippen molar-refractivity contribution in [3.63, 3.8) is 0 Å². The van der Waals surface area contributed by atoms with Gasteiger partial charge in [-0.1, -0.05) is 37.3 Å². The van der Waals surface area contributed by atoms with Crippen LogP contribution in [0.3, 0.4) is 0 Å². The lowest BCUT2D eigenvalue weighted by molar-refractivity contribution is -0.145. The van der Waals surface area contributed by atoms with Crippen LogP contribution >= 0.6 is 0 Å². The molecule has 28 heavy (non-hydrogen) atoms. The number of hydrogen-bond donors (Lipinski definition) is 1. The minimum Gasteiger partial charge on any atom is -0.368 e. The van der Waals surface area contributed by atoms with Crippen LogP contribution in [0.4, 0.5) is 0 Å². The first-order chi connectivity index (χ1) is 13.5. The van der Waals surface area contributed by atoms with Crippen molar-refractivity contribution in [2.24, 2.45) is 35.3 Å². The Kier molecular flexibility index (Phi) is 4.29. The van der Waals surface area contributed by atoms with Crippen LogP contribution in [0.5, 0.6) is 0 Å². The Labute approximate surface area is 167 Å². The minimum atomic E-state index is -0.405. The van der Waals surface area contributed by atoms with Crippen molar-refractivity contribution < 1.29 is 9.59 Å². The lowest BCUT2D eigenvalue weighted by Crippen LogP contribution is -2.59. The van der Waals surface area contributed by atoms with Gasteiger partial charge in [-0.25, -0.2) is 0 Å². The molecule has 1 saturated heterocycles. The molecule has 0 spiro atoms. The van der Waals surface area contributed by atoms with Gasteiger partial charge in [0.1, 0.15) is 6.04 Å². The van der Waals surface area contributed by atoms with E-state index in [1.807, 2.05) is 0 Å². The number of amides is 2. The Hall–Kier alpha value is -1.84. The number of rotatable bonds is 4. The normalized spacial score (nSPS) is 41.4. The molecule has 4 saturated carbocycles. The molecule has 0 aromatic heterocycles. The van der Waals surface area contributed by atoms with Crippen molar-refractivity contribution in [3.8, 4) is 0 Å². The molecule has 0 unspecified atom stereocenters. The van der Waals surface area contributed by atoms with Gasteiger partial charge in [-0.3, -0.25) is 9.59 Å². The highest BCUT2D eigenvalue weighted by molar-refractivity contribution is 5.87. The molecule has 2 amide bonds. The first kappa shape index (κ1) is 18.2. The predicted molar refractivity (Wildman–Crippen MR) is 108 cm³/mol. The fraction of sp³-hybridized carbons (Fsp3) is 0.667. The average molecular weight is 381 g/mol. The van der Waals surface area contributed by atoms with E-state index in [4.69, 9.17) is 5.73 Å². The van der Waals surface area contributed by atoms with Gasteiger partial charge in [-0.05, 0) is 73.7 Å². The Morgan fingerprint density at radius 2 is 1.68 bits per heavy atom. The fourth-order valence-electron chi connectivity index (χ4n) is 7.59. The monoisotopic (exact) mass is 380 g/mol. The molecule has 5 fully saturated rings. The lowest BCUT2D eigenvalue weighted by Gasteiger charge is -2.64. The van der Waals surface area contributed by atoms with Crippen LogP contribution in [0.1, 0.15) is 57.4 Å². The summed E-state index contributed by atoms with van der Waals surface area (Å²) < 4.78 is 0. The molecular formula is C24H32N2O2. The molecule has 0 radical (unpaired) electrons. The van der Waals surface area contributed by atoms with E-state index < -0.39 is 6.04 Å². The summed E-state index contributed by atoms with van der Waals surface area (Å²) >= 11 is 0. The van der Waals surface area contributed by atoms with E-state index in [0.29, 0.717) is 31.2 Å². The zero-order chi connectivity index (χ0) is 19.5. The Bertz CT molecular complexity index is 744. The first-order valence-electron chi connectivity index (χ1n) is 11.1. The van der Waals surface area contributed by atoms with Crippen molar-refractivity contribution in [2.45, 2.75) is 63.3 Å². The Balaban J connectivity index is 1.51. The van der Waals surface area contributed by atoms with Crippen molar-refractivity contribution in [1.29, 1.82) is 0 Å². The second-order valence-electron chi connectivity index (χ2n) is 9.95. The van der Waals surface area contributed by atoms with Crippen LogP contribution in [0.15, 0.2) is 30.3 Å². The van der Waals surface area contributed by atoms with Gasteiger partial charge < -0.3 is 10.6 Å². The van der Waals surface area contributed by atoms with Crippen LogP contribution in [0, 0.1) is 29.6 Å². The number of nitrogens with two attached hydrogens (primary N) is 1. The van der Waals surface area contributed by atoms with Gasteiger partial charge in [0, 0.05) is 18.4 Å². The standard InChI is InChI=1S/C24H32N2O2/c1-15-16-10-19-12-17(15)13-20(11-16)24(19,18-6-3-2-4-7-18)14-22(27)26-9-5-8-21(26)23(25)28/h2-4,6-7,15-17,19-21H,5,8-14H2,1H3,(H2,25,28)/t15?,16?,17?,19?,20?,21-,24?/m1/s1. The molecule has 1 aliphatic heterocycles. The first-order valence-corrected chi connectivity index (χ1v) is 11.1. The fourth-order valence-corrected chi connectivity index (χ4v) is 7.59. The molecule has 1 aromatic rings. The molecule has 4 aliphatic carbocycles. The molecule has 6 rings (SSSR count).